The molecule has 1 aromatic carbocycles. The number of aliphatic hydroxyl groups is 1. The summed E-state index contributed by atoms with van der Waals surface area (Å²) in [7, 11) is 0. The zero-order valence-electron chi connectivity index (χ0n) is 10.6. The molecule has 0 unspecified atom stereocenters. The number of nitrogens with zero attached hydrogens (tertiary/aromatic N) is 2. The fraction of sp³-hybridized carbons (Fsp3) is 0.286. The van der Waals surface area contributed by atoms with E-state index in [0.29, 0.717) is 17.9 Å². The Labute approximate surface area is 112 Å². The Balaban J connectivity index is 2.62. The number of carbonyl (C=O) groups is 1. The van der Waals surface area contributed by atoms with Gasteiger partial charge in [0.2, 0.25) is 0 Å². The minimum atomic E-state index is -0.262. The van der Waals surface area contributed by atoms with Gasteiger partial charge >= 0.3 is 0 Å². The first-order valence-electron chi connectivity index (χ1n) is 5.84. The lowest BCUT2D eigenvalue weighted by molar-refractivity contribution is -0.133. The summed E-state index contributed by atoms with van der Waals surface area (Å²) in [6, 6.07) is 8.70. The number of hydrogen-bond donors (Lipinski definition) is 1. The van der Waals surface area contributed by atoms with Crippen molar-refractivity contribution >= 4 is 5.91 Å². The van der Waals surface area contributed by atoms with Gasteiger partial charge in [-0.15, -0.1) is 6.58 Å². The highest BCUT2D eigenvalue weighted by Crippen LogP contribution is 2.16. The first-order chi connectivity index (χ1) is 9.22. The molecule has 0 saturated heterocycles. The maximum Gasteiger partial charge on any atom is 0.260 e. The summed E-state index contributed by atoms with van der Waals surface area (Å²) < 4.78 is 5.33. The molecule has 1 amide bonds. The van der Waals surface area contributed by atoms with Gasteiger partial charge in [0.25, 0.3) is 5.91 Å². The molecular formula is C14H16N2O3. The van der Waals surface area contributed by atoms with Crippen molar-refractivity contribution in [2.24, 2.45) is 0 Å². The zero-order chi connectivity index (χ0) is 14.1. The van der Waals surface area contributed by atoms with Crippen LogP contribution >= 0.6 is 0 Å². The van der Waals surface area contributed by atoms with E-state index in [2.05, 4.69) is 6.58 Å². The molecule has 0 saturated carbocycles. The second kappa shape index (κ2) is 7.90. The monoisotopic (exact) mass is 260 g/mol. The number of para-hydroxylation sites is 1. The van der Waals surface area contributed by atoms with E-state index in [1.165, 1.54) is 4.90 Å². The Morgan fingerprint density at radius 1 is 1.53 bits per heavy atom. The molecule has 100 valence electrons. The second-order valence-corrected chi connectivity index (χ2v) is 3.75. The molecule has 0 fully saturated rings. The number of amides is 1. The molecule has 0 aliphatic carbocycles. The molecule has 1 rings (SSSR count). The molecule has 0 aromatic heterocycles. The van der Waals surface area contributed by atoms with Crippen molar-refractivity contribution in [3.8, 4) is 11.8 Å². The summed E-state index contributed by atoms with van der Waals surface area (Å²) >= 11 is 0. The van der Waals surface area contributed by atoms with E-state index < -0.39 is 0 Å². The van der Waals surface area contributed by atoms with Gasteiger partial charge in [-0.25, -0.2) is 0 Å². The molecular weight excluding hydrogens is 244 g/mol. The first-order valence-corrected chi connectivity index (χ1v) is 5.84. The standard InChI is InChI=1S/C14H16N2O3/c1-2-7-16(8-9-17)14(18)11-19-13-6-4-3-5-12(13)10-15/h2-6,17H,1,7-9,11H2. The van der Waals surface area contributed by atoms with Crippen LogP contribution in [0.2, 0.25) is 0 Å². The van der Waals surface area contributed by atoms with Gasteiger partial charge in [-0.05, 0) is 12.1 Å². The highest BCUT2D eigenvalue weighted by Gasteiger charge is 2.13. The van der Waals surface area contributed by atoms with E-state index in [4.69, 9.17) is 15.1 Å². The predicted molar refractivity (Wildman–Crippen MR) is 70.5 cm³/mol. The average Bonchev–Trinajstić information content (AvgIpc) is 2.44. The van der Waals surface area contributed by atoms with Gasteiger partial charge in [-0.1, -0.05) is 18.2 Å². The Hall–Kier alpha value is -2.32. The molecule has 0 spiro atoms. The quantitative estimate of drug-likeness (QED) is 0.741. The highest BCUT2D eigenvalue weighted by molar-refractivity contribution is 5.78. The van der Waals surface area contributed by atoms with Crippen LogP contribution in [0.25, 0.3) is 0 Å². The number of carbonyl (C=O) groups excluding carboxylic acids is 1. The van der Waals surface area contributed by atoms with Crippen LogP contribution in [-0.2, 0) is 4.79 Å². The molecule has 1 aromatic rings. The average molecular weight is 260 g/mol. The maximum atomic E-state index is 11.9. The largest absolute Gasteiger partial charge is 0.482 e. The summed E-state index contributed by atoms with van der Waals surface area (Å²) in [5, 5.41) is 17.8. The van der Waals surface area contributed by atoms with E-state index >= 15 is 0 Å². The molecule has 0 atom stereocenters. The Morgan fingerprint density at radius 3 is 2.89 bits per heavy atom. The lowest BCUT2D eigenvalue weighted by Gasteiger charge is -2.20. The van der Waals surface area contributed by atoms with E-state index in [9.17, 15) is 4.79 Å². The van der Waals surface area contributed by atoms with Crippen LogP contribution in [0.5, 0.6) is 5.75 Å². The Morgan fingerprint density at radius 2 is 2.26 bits per heavy atom. The molecule has 0 radical (unpaired) electrons. The van der Waals surface area contributed by atoms with Crippen LogP contribution < -0.4 is 4.74 Å². The van der Waals surface area contributed by atoms with Gasteiger partial charge in [0.1, 0.15) is 11.8 Å². The summed E-state index contributed by atoms with van der Waals surface area (Å²) in [6.07, 6.45) is 1.58. The van der Waals surface area contributed by atoms with Gasteiger partial charge in [-0.3, -0.25) is 4.79 Å². The zero-order valence-corrected chi connectivity index (χ0v) is 10.6. The van der Waals surface area contributed by atoms with Crippen molar-refractivity contribution in [2.45, 2.75) is 0 Å². The second-order valence-electron chi connectivity index (χ2n) is 3.75. The van der Waals surface area contributed by atoms with Crippen LogP contribution in [0.1, 0.15) is 5.56 Å². The van der Waals surface area contributed by atoms with Crippen molar-refractivity contribution in [1.29, 1.82) is 5.26 Å². The summed E-state index contributed by atoms with van der Waals surface area (Å²) in [4.78, 5) is 13.3. The summed E-state index contributed by atoms with van der Waals surface area (Å²) in [5.74, 6) is 0.114. The van der Waals surface area contributed by atoms with Crippen LogP contribution in [0.15, 0.2) is 36.9 Å². The fourth-order valence-electron chi connectivity index (χ4n) is 1.51. The Bertz CT molecular complexity index is 480. The molecule has 0 aliphatic rings. The third-order valence-corrected chi connectivity index (χ3v) is 2.43. The lowest BCUT2D eigenvalue weighted by atomic mass is 10.2. The van der Waals surface area contributed by atoms with Crippen molar-refractivity contribution in [3.05, 3.63) is 42.5 Å². The van der Waals surface area contributed by atoms with E-state index in [0.717, 1.165) is 0 Å². The van der Waals surface area contributed by atoms with Gasteiger partial charge in [-0.2, -0.15) is 5.26 Å². The minimum Gasteiger partial charge on any atom is -0.482 e. The molecule has 0 aliphatic heterocycles. The molecule has 1 N–H and O–H groups in total. The molecule has 0 heterocycles. The predicted octanol–water partition coefficient (Wildman–Crippen LogP) is 0.944. The normalized spacial score (nSPS) is 9.47. The van der Waals surface area contributed by atoms with Gasteiger partial charge in [0, 0.05) is 13.1 Å². The van der Waals surface area contributed by atoms with Crippen molar-refractivity contribution in [3.63, 3.8) is 0 Å². The topological polar surface area (TPSA) is 73.6 Å². The van der Waals surface area contributed by atoms with Crippen LogP contribution in [0, 0.1) is 11.3 Å². The summed E-state index contributed by atoms with van der Waals surface area (Å²) in [5.41, 5.74) is 0.382. The number of aliphatic hydroxyl groups excluding tert-OH is 1. The molecule has 0 bridgehead atoms. The van der Waals surface area contributed by atoms with E-state index in [-0.39, 0.29) is 25.7 Å². The van der Waals surface area contributed by atoms with E-state index in [1.807, 2.05) is 6.07 Å². The number of ether oxygens (including phenoxy) is 1. The number of rotatable bonds is 7. The molecule has 19 heavy (non-hydrogen) atoms. The van der Waals surface area contributed by atoms with Crippen LogP contribution in [0.4, 0.5) is 0 Å². The number of nitriles is 1. The molecule has 5 heteroatoms. The SMILES string of the molecule is C=CCN(CCO)C(=O)COc1ccccc1C#N. The lowest BCUT2D eigenvalue weighted by Crippen LogP contribution is -2.37. The smallest absolute Gasteiger partial charge is 0.260 e. The van der Waals surface area contributed by atoms with E-state index in [1.54, 1.807) is 30.3 Å². The van der Waals surface area contributed by atoms with Crippen LogP contribution in [0.3, 0.4) is 0 Å². The maximum absolute atomic E-state index is 11.9. The Kier molecular flexibility index (Phi) is 6.13. The van der Waals surface area contributed by atoms with Crippen molar-refractivity contribution in [1.82, 2.24) is 4.90 Å². The number of benzene rings is 1. The highest BCUT2D eigenvalue weighted by atomic mass is 16.5. The van der Waals surface area contributed by atoms with Crippen molar-refractivity contribution in [2.75, 3.05) is 26.3 Å². The fourth-order valence-corrected chi connectivity index (χ4v) is 1.51. The number of hydrogen-bond acceptors (Lipinski definition) is 4. The summed E-state index contributed by atoms with van der Waals surface area (Å²) in [6.45, 7) is 3.84. The van der Waals surface area contributed by atoms with Crippen LogP contribution in [-0.4, -0.2) is 42.2 Å². The minimum absolute atomic E-state index is 0.117. The third kappa shape index (κ3) is 4.45. The first kappa shape index (κ1) is 14.7. The van der Waals surface area contributed by atoms with Gasteiger partial charge < -0.3 is 14.7 Å². The molecule has 5 nitrogen and oxygen atoms in total. The van der Waals surface area contributed by atoms with Gasteiger partial charge in [0.15, 0.2) is 6.61 Å². The third-order valence-electron chi connectivity index (χ3n) is 2.43. The van der Waals surface area contributed by atoms with Crippen molar-refractivity contribution < 1.29 is 14.6 Å². The van der Waals surface area contributed by atoms with Gasteiger partial charge in [0.05, 0.1) is 12.2 Å².